The number of benzene rings is 1. The Kier molecular flexibility index (Phi) is 2.65. The normalized spacial score (nSPS) is 24.8. The Balaban J connectivity index is 2.38. The largest absolute Gasteiger partial charge is 0.393 e. The lowest BCUT2D eigenvalue weighted by molar-refractivity contribution is -0.122. The molecule has 2 rings (SSSR count). The van der Waals surface area contributed by atoms with Gasteiger partial charge in [0, 0.05) is 0 Å². The molecule has 0 aromatic heterocycles. The first-order valence-electron chi connectivity index (χ1n) is 4.91. The van der Waals surface area contributed by atoms with Crippen LogP contribution in [0.2, 0.25) is 0 Å². The standard InChI is InChI=1S/C11H12N2O2S/c1-11(7-14)9(15)13(10(16)12-11)8-5-3-2-4-6-8/h2-6,14H,7H2,1H3,(H,12,16)/t11-/m0/s1. The van der Waals surface area contributed by atoms with E-state index in [1.54, 1.807) is 19.1 Å². The highest BCUT2D eigenvalue weighted by molar-refractivity contribution is 7.80. The molecule has 1 aromatic carbocycles. The summed E-state index contributed by atoms with van der Waals surface area (Å²) in [5.74, 6) is -0.230. The maximum atomic E-state index is 12.1. The minimum Gasteiger partial charge on any atom is -0.393 e. The first kappa shape index (κ1) is 11.0. The summed E-state index contributed by atoms with van der Waals surface area (Å²) in [7, 11) is 0. The van der Waals surface area contributed by atoms with E-state index in [0.29, 0.717) is 10.8 Å². The van der Waals surface area contributed by atoms with Crippen molar-refractivity contribution in [2.45, 2.75) is 12.5 Å². The van der Waals surface area contributed by atoms with Crippen molar-refractivity contribution in [3.63, 3.8) is 0 Å². The van der Waals surface area contributed by atoms with Crippen molar-refractivity contribution >= 4 is 28.9 Å². The molecule has 1 aromatic rings. The molecule has 1 saturated heterocycles. The second kappa shape index (κ2) is 3.84. The van der Waals surface area contributed by atoms with Gasteiger partial charge in [0.2, 0.25) is 0 Å². The summed E-state index contributed by atoms with van der Waals surface area (Å²) >= 11 is 5.10. The highest BCUT2D eigenvalue weighted by Gasteiger charge is 2.45. The summed E-state index contributed by atoms with van der Waals surface area (Å²) in [5, 5.41) is 12.4. The van der Waals surface area contributed by atoms with Crippen molar-refractivity contribution in [3.8, 4) is 0 Å². The predicted molar refractivity (Wildman–Crippen MR) is 65.2 cm³/mol. The van der Waals surface area contributed by atoms with Crippen LogP contribution in [0.5, 0.6) is 0 Å². The number of nitrogens with zero attached hydrogens (tertiary/aromatic N) is 1. The van der Waals surface area contributed by atoms with Gasteiger partial charge in [-0.1, -0.05) is 18.2 Å². The molecule has 0 saturated carbocycles. The average Bonchev–Trinajstić information content (AvgIpc) is 2.52. The molecule has 1 fully saturated rings. The molecule has 1 atom stereocenters. The third-order valence-corrected chi connectivity index (χ3v) is 2.88. The van der Waals surface area contributed by atoms with Crippen molar-refractivity contribution in [2.75, 3.05) is 11.5 Å². The smallest absolute Gasteiger partial charge is 0.261 e. The molecule has 0 radical (unpaired) electrons. The number of hydrogen-bond donors (Lipinski definition) is 2. The van der Waals surface area contributed by atoms with Crippen LogP contribution in [0.4, 0.5) is 5.69 Å². The second-order valence-electron chi connectivity index (χ2n) is 3.90. The van der Waals surface area contributed by atoms with E-state index in [2.05, 4.69) is 5.32 Å². The Morgan fingerprint density at radius 2 is 2.06 bits per heavy atom. The fourth-order valence-corrected chi connectivity index (χ4v) is 2.02. The summed E-state index contributed by atoms with van der Waals surface area (Å²) in [6, 6.07) is 9.13. The van der Waals surface area contributed by atoms with Gasteiger partial charge in [-0.25, -0.2) is 0 Å². The summed E-state index contributed by atoms with van der Waals surface area (Å²) in [6.07, 6.45) is 0. The number of aliphatic hydroxyl groups is 1. The fraction of sp³-hybridized carbons (Fsp3) is 0.273. The first-order chi connectivity index (χ1) is 7.58. The quantitative estimate of drug-likeness (QED) is 0.741. The lowest BCUT2D eigenvalue weighted by Crippen LogP contribution is -2.47. The van der Waals surface area contributed by atoms with E-state index in [0.717, 1.165) is 0 Å². The highest BCUT2D eigenvalue weighted by Crippen LogP contribution is 2.24. The van der Waals surface area contributed by atoms with Crippen molar-refractivity contribution in [2.24, 2.45) is 0 Å². The van der Waals surface area contributed by atoms with Gasteiger partial charge < -0.3 is 10.4 Å². The zero-order valence-electron chi connectivity index (χ0n) is 8.80. The average molecular weight is 236 g/mol. The van der Waals surface area contributed by atoms with E-state index >= 15 is 0 Å². The molecular weight excluding hydrogens is 224 g/mol. The summed E-state index contributed by atoms with van der Waals surface area (Å²) < 4.78 is 0. The SMILES string of the molecule is C[C@@]1(CO)NC(=S)N(c2ccccc2)C1=O. The number of rotatable bonds is 2. The van der Waals surface area contributed by atoms with Gasteiger partial charge in [0.25, 0.3) is 5.91 Å². The molecule has 0 spiro atoms. The van der Waals surface area contributed by atoms with Crippen LogP contribution < -0.4 is 10.2 Å². The van der Waals surface area contributed by atoms with Gasteiger partial charge in [0.15, 0.2) is 5.11 Å². The molecule has 0 bridgehead atoms. The van der Waals surface area contributed by atoms with Crippen LogP contribution in [0.25, 0.3) is 0 Å². The Morgan fingerprint density at radius 3 is 2.56 bits per heavy atom. The summed E-state index contributed by atoms with van der Waals surface area (Å²) in [5.41, 5.74) is -0.297. The Labute approximate surface area is 98.9 Å². The number of anilines is 1. The molecule has 0 unspecified atom stereocenters. The number of para-hydroxylation sites is 1. The molecule has 1 amide bonds. The van der Waals surface area contributed by atoms with Gasteiger partial charge in [0.05, 0.1) is 12.3 Å². The van der Waals surface area contributed by atoms with Crippen LogP contribution >= 0.6 is 12.2 Å². The van der Waals surface area contributed by atoms with E-state index < -0.39 is 5.54 Å². The third kappa shape index (κ3) is 1.58. The van der Waals surface area contributed by atoms with Crippen molar-refractivity contribution in [1.29, 1.82) is 0 Å². The number of aliphatic hydroxyl groups excluding tert-OH is 1. The Bertz CT molecular complexity index is 435. The number of thiocarbonyl (C=S) groups is 1. The molecular formula is C11H12N2O2S. The Morgan fingerprint density at radius 1 is 1.44 bits per heavy atom. The van der Waals surface area contributed by atoms with E-state index in [4.69, 9.17) is 12.2 Å². The Hall–Kier alpha value is -1.46. The monoisotopic (exact) mass is 236 g/mol. The fourth-order valence-electron chi connectivity index (χ4n) is 1.60. The number of hydrogen-bond acceptors (Lipinski definition) is 3. The van der Waals surface area contributed by atoms with E-state index in [1.807, 2.05) is 18.2 Å². The maximum Gasteiger partial charge on any atom is 0.261 e. The molecule has 84 valence electrons. The van der Waals surface area contributed by atoms with Crippen LogP contribution in [0.3, 0.4) is 0 Å². The number of nitrogens with one attached hydrogen (secondary N) is 1. The van der Waals surface area contributed by atoms with Gasteiger partial charge in [0.1, 0.15) is 5.54 Å². The molecule has 2 N–H and O–H groups in total. The molecule has 4 nitrogen and oxygen atoms in total. The summed E-state index contributed by atoms with van der Waals surface area (Å²) in [4.78, 5) is 13.5. The summed E-state index contributed by atoms with van der Waals surface area (Å²) in [6.45, 7) is 1.35. The molecule has 1 aliphatic rings. The van der Waals surface area contributed by atoms with Gasteiger partial charge >= 0.3 is 0 Å². The van der Waals surface area contributed by atoms with Crippen LogP contribution in [-0.4, -0.2) is 28.3 Å². The van der Waals surface area contributed by atoms with E-state index in [9.17, 15) is 9.90 Å². The van der Waals surface area contributed by atoms with Crippen LogP contribution in [0.15, 0.2) is 30.3 Å². The first-order valence-corrected chi connectivity index (χ1v) is 5.32. The number of amides is 1. The lowest BCUT2D eigenvalue weighted by Gasteiger charge is -2.18. The lowest BCUT2D eigenvalue weighted by atomic mass is 10.0. The number of carbonyl (C=O) groups is 1. The highest BCUT2D eigenvalue weighted by atomic mass is 32.1. The van der Waals surface area contributed by atoms with E-state index in [1.165, 1.54) is 4.90 Å². The number of carbonyl (C=O) groups excluding carboxylic acids is 1. The van der Waals surface area contributed by atoms with Gasteiger partial charge in [-0.15, -0.1) is 0 Å². The molecule has 16 heavy (non-hydrogen) atoms. The van der Waals surface area contributed by atoms with Crippen molar-refractivity contribution < 1.29 is 9.90 Å². The van der Waals surface area contributed by atoms with Crippen LogP contribution in [0.1, 0.15) is 6.92 Å². The molecule has 0 aliphatic carbocycles. The van der Waals surface area contributed by atoms with Crippen LogP contribution in [0, 0.1) is 0 Å². The van der Waals surface area contributed by atoms with Crippen LogP contribution in [-0.2, 0) is 4.79 Å². The van der Waals surface area contributed by atoms with E-state index in [-0.39, 0.29) is 12.5 Å². The zero-order valence-corrected chi connectivity index (χ0v) is 9.62. The van der Waals surface area contributed by atoms with Gasteiger partial charge in [-0.2, -0.15) is 0 Å². The minimum atomic E-state index is -1.01. The van der Waals surface area contributed by atoms with Crippen molar-refractivity contribution in [1.82, 2.24) is 5.32 Å². The second-order valence-corrected chi connectivity index (χ2v) is 4.28. The molecule has 5 heteroatoms. The maximum absolute atomic E-state index is 12.1. The van der Waals surface area contributed by atoms with Gasteiger partial charge in [-0.3, -0.25) is 9.69 Å². The molecule has 1 aliphatic heterocycles. The molecule has 1 heterocycles. The minimum absolute atomic E-state index is 0.230. The third-order valence-electron chi connectivity index (χ3n) is 2.59. The zero-order chi connectivity index (χ0) is 11.8. The predicted octanol–water partition coefficient (Wildman–Crippen LogP) is 0.659. The van der Waals surface area contributed by atoms with Gasteiger partial charge in [-0.05, 0) is 31.3 Å². The topological polar surface area (TPSA) is 52.6 Å². The van der Waals surface area contributed by atoms with Crippen molar-refractivity contribution in [3.05, 3.63) is 30.3 Å².